The van der Waals surface area contributed by atoms with Gasteiger partial charge in [0.25, 0.3) is 5.56 Å². The summed E-state index contributed by atoms with van der Waals surface area (Å²) in [4.78, 5) is 44.1. The maximum Gasteiger partial charge on any atom is 0.314 e. The summed E-state index contributed by atoms with van der Waals surface area (Å²) in [6, 6.07) is 8.62. The third kappa shape index (κ3) is 3.97. The molecule has 0 saturated heterocycles. The highest BCUT2D eigenvalue weighted by molar-refractivity contribution is 6.39. The summed E-state index contributed by atoms with van der Waals surface area (Å²) >= 11 is 6.06. The van der Waals surface area contributed by atoms with Gasteiger partial charge in [-0.15, -0.1) is 0 Å². The van der Waals surface area contributed by atoms with E-state index >= 15 is 0 Å². The minimum absolute atomic E-state index is 0.115. The second-order valence-corrected chi connectivity index (χ2v) is 7.39. The summed E-state index contributed by atoms with van der Waals surface area (Å²) in [5, 5.41) is 9.84. The van der Waals surface area contributed by atoms with Crippen LogP contribution in [0.2, 0.25) is 5.02 Å². The maximum absolute atomic E-state index is 12.4. The molecule has 3 aromatic rings. The number of anilines is 1. The van der Waals surface area contributed by atoms with Gasteiger partial charge in [-0.25, -0.2) is 4.98 Å². The molecule has 0 radical (unpaired) electrons. The number of benzene rings is 1. The molecule has 1 aliphatic rings. The van der Waals surface area contributed by atoms with Gasteiger partial charge >= 0.3 is 11.8 Å². The molecule has 1 aromatic carbocycles. The highest BCUT2D eigenvalue weighted by Crippen LogP contribution is 2.19. The van der Waals surface area contributed by atoms with E-state index in [4.69, 9.17) is 11.6 Å². The van der Waals surface area contributed by atoms with Crippen LogP contribution in [0.1, 0.15) is 28.9 Å². The van der Waals surface area contributed by atoms with E-state index in [1.807, 2.05) is 0 Å². The van der Waals surface area contributed by atoms with Gasteiger partial charge in [0.05, 0.1) is 11.4 Å². The van der Waals surface area contributed by atoms with Crippen molar-refractivity contribution in [2.45, 2.75) is 32.7 Å². The number of amides is 2. The molecule has 154 valence electrons. The number of H-pyrrole nitrogens is 1. The molecule has 0 fully saturated rings. The first kappa shape index (κ1) is 19.8. The molecule has 0 atom stereocenters. The number of rotatable bonds is 4. The number of hydrogen-bond donors (Lipinski definition) is 3. The number of nitrogens with zero attached hydrogens (tertiary/aromatic N) is 3. The summed E-state index contributed by atoms with van der Waals surface area (Å²) < 4.78 is 1.31. The average Bonchev–Trinajstić information content (AvgIpc) is 3.33. The summed E-state index contributed by atoms with van der Waals surface area (Å²) in [5.41, 5.74) is 2.49. The predicted octanol–water partition coefficient (Wildman–Crippen LogP) is 1.66. The fourth-order valence-electron chi connectivity index (χ4n) is 3.35. The normalized spacial score (nSPS) is 12.5. The van der Waals surface area contributed by atoms with E-state index in [1.165, 1.54) is 4.68 Å². The van der Waals surface area contributed by atoms with Crippen LogP contribution in [-0.2, 0) is 29.0 Å². The lowest BCUT2D eigenvalue weighted by Crippen LogP contribution is -2.35. The van der Waals surface area contributed by atoms with Gasteiger partial charge in [0, 0.05) is 23.2 Å². The summed E-state index contributed by atoms with van der Waals surface area (Å²) in [7, 11) is 0. The zero-order valence-corrected chi connectivity index (χ0v) is 16.9. The fraction of sp³-hybridized carbons (Fsp3) is 0.250. The van der Waals surface area contributed by atoms with Crippen LogP contribution >= 0.6 is 11.6 Å². The van der Waals surface area contributed by atoms with E-state index in [-0.39, 0.29) is 23.9 Å². The number of carbonyl (C=O) groups excluding carboxylic acids is 2. The lowest BCUT2D eigenvalue weighted by Gasteiger charge is -2.10. The second-order valence-electron chi connectivity index (χ2n) is 6.98. The van der Waals surface area contributed by atoms with Crippen molar-refractivity contribution >= 4 is 29.2 Å². The summed E-state index contributed by atoms with van der Waals surface area (Å²) in [6.45, 7) is 1.85. The van der Waals surface area contributed by atoms with Gasteiger partial charge < -0.3 is 10.6 Å². The van der Waals surface area contributed by atoms with Crippen molar-refractivity contribution in [3.63, 3.8) is 0 Å². The Bertz CT molecular complexity index is 1200. The van der Waals surface area contributed by atoms with E-state index in [0.29, 0.717) is 28.3 Å². The van der Waals surface area contributed by atoms with Gasteiger partial charge in [-0.2, -0.15) is 9.78 Å². The van der Waals surface area contributed by atoms with Crippen LogP contribution in [0, 0.1) is 6.92 Å². The minimum atomic E-state index is -0.869. The average molecular weight is 427 g/mol. The van der Waals surface area contributed by atoms with Gasteiger partial charge in [-0.3, -0.25) is 19.4 Å². The standard InChI is InChI=1S/C20H19ClN6O3/c1-11-9-16(24-19(30)18(29)22-10-12-5-2-3-7-14(12)21)27(26-11)20-23-15-8-4-6-13(15)17(28)25-20/h2-3,5,7,9H,4,6,8,10H2,1H3,(H,22,29)(H,24,30)(H,23,25,28). The van der Waals surface area contributed by atoms with E-state index in [9.17, 15) is 14.4 Å². The summed E-state index contributed by atoms with van der Waals surface area (Å²) in [6.07, 6.45) is 2.30. The van der Waals surface area contributed by atoms with Crippen LogP contribution in [0.3, 0.4) is 0 Å². The Labute approximate surface area is 176 Å². The molecule has 2 aromatic heterocycles. The molecule has 0 aliphatic heterocycles. The van der Waals surface area contributed by atoms with Crippen molar-refractivity contribution in [1.82, 2.24) is 25.1 Å². The highest BCUT2D eigenvalue weighted by Gasteiger charge is 2.21. The van der Waals surface area contributed by atoms with Crippen molar-refractivity contribution in [3.05, 3.63) is 68.2 Å². The fourth-order valence-corrected chi connectivity index (χ4v) is 3.55. The van der Waals surface area contributed by atoms with E-state index in [0.717, 1.165) is 18.5 Å². The van der Waals surface area contributed by atoms with Crippen LogP contribution in [0.4, 0.5) is 5.82 Å². The number of halogens is 1. The number of carbonyl (C=O) groups is 2. The molecule has 2 amide bonds. The minimum Gasteiger partial charge on any atom is -0.344 e. The molecular formula is C20H19ClN6O3. The molecule has 30 heavy (non-hydrogen) atoms. The first-order chi connectivity index (χ1) is 14.4. The number of aromatic nitrogens is 4. The SMILES string of the molecule is Cc1cc(NC(=O)C(=O)NCc2ccccc2Cl)n(-c2nc3c(c(=O)[nH]2)CCC3)n1. The van der Waals surface area contributed by atoms with Crippen molar-refractivity contribution < 1.29 is 9.59 Å². The summed E-state index contributed by atoms with van der Waals surface area (Å²) in [5.74, 6) is -1.27. The number of aryl methyl sites for hydroxylation is 2. The largest absolute Gasteiger partial charge is 0.344 e. The molecule has 2 heterocycles. The molecule has 1 aliphatic carbocycles. The number of fused-ring (bicyclic) bond motifs is 1. The quantitative estimate of drug-likeness (QED) is 0.548. The third-order valence-electron chi connectivity index (χ3n) is 4.81. The Morgan fingerprint density at radius 3 is 2.83 bits per heavy atom. The molecule has 0 saturated carbocycles. The Kier molecular flexibility index (Phi) is 5.37. The van der Waals surface area contributed by atoms with Gasteiger partial charge in [0.2, 0.25) is 5.95 Å². The van der Waals surface area contributed by atoms with Crippen LogP contribution in [0.25, 0.3) is 5.95 Å². The zero-order chi connectivity index (χ0) is 21.3. The highest BCUT2D eigenvalue weighted by atomic mass is 35.5. The maximum atomic E-state index is 12.4. The Morgan fingerprint density at radius 1 is 1.23 bits per heavy atom. The molecule has 0 spiro atoms. The Balaban J connectivity index is 1.51. The van der Waals surface area contributed by atoms with E-state index in [2.05, 4.69) is 25.7 Å². The number of aromatic amines is 1. The first-order valence-electron chi connectivity index (χ1n) is 9.44. The first-order valence-corrected chi connectivity index (χ1v) is 9.82. The molecule has 0 unspecified atom stereocenters. The zero-order valence-electron chi connectivity index (χ0n) is 16.2. The molecule has 3 N–H and O–H groups in total. The van der Waals surface area contributed by atoms with Crippen molar-refractivity contribution in [2.24, 2.45) is 0 Å². The van der Waals surface area contributed by atoms with Gasteiger partial charge in [-0.1, -0.05) is 29.8 Å². The topological polar surface area (TPSA) is 122 Å². The van der Waals surface area contributed by atoms with Crippen molar-refractivity contribution in [2.75, 3.05) is 5.32 Å². The second kappa shape index (κ2) is 8.11. The monoisotopic (exact) mass is 426 g/mol. The van der Waals surface area contributed by atoms with Crippen molar-refractivity contribution in [3.8, 4) is 5.95 Å². The van der Waals surface area contributed by atoms with Crippen LogP contribution in [-0.4, -0.2) is 31.6 Å². The molecule has 10 heteroatoms. The lowest BCUT2D eigenvalue weighted by atomic mass is 10.2. The van der Waals surface area contributed by atoms with Crippen molar-refractivity contribution in [1.29, 1.82) is 0 Å². The number of hydrogen-bond acceptors (Lipinski definition) is 5. The van der Waals surface area contributed by atoms with Gasteiger partial charge in [0.1, 0.15) is 5.82 Å². The third-order valence-corrected chi connectivity index (χ3v) is 5.17. The predicted molar refractivity (Wildman–Crippen MR) is 111 cm³/mol. The van der Waals surface area contributed by atoms with Crippen LogP contribution in [0.5, 0.6) is 0 Å². The molecule has 9 nitrogen and oxygen atoms in total. The van der Waals surface area contributed by atoms with Gasteiger partial charge in [-0.05, 0) is 37.8 Å². The Hall–Kier alpha value is -3.46. The van der Waals surface area contributed by atoms with Crippen LogP contribution in [0.15, 0.2) is 35.1 Å². The Morgan fingerprint density at radius 2 is 2.03 bits per heavy atom. The van der Waals surface area contributed by atoms with Crippen LogP contribution < -0.4 is 16.2 Å². The van der Waals surface area contributed by atoms with Gasteiger partial charge in [0.15, 0.2) is 0 Å². The number of nitrogens with one attached hydrogen (secondary N) is 3. The smallest absolute Gasteiger partial charge is 0.314 e. The molecular weight excluding hydrogens is 408 g/mol. The molecule has 0 bridgehead atoms. The van der Waals surface area contributed by atoms with E-state index < -0.39 is 11.8 Å². The van der Waals surface area contributed by atoms with E-state index in [1.54, 1.807) is 37.3 Å². The lowest BCUT2D eigenvalue weighted by molar-refractivity contribution is -0.136. The molecule has 4 rings (SSSR count).